The van der Waals surface area contributed by atoms with E-state index in [1.165, 1.54) is 12.1 Å². The van der Waals surface area contributed by atoms with Gasteiger partial charge in [-0.1, -0.05) is 44.0 Å². The highest BCUT2D eigenvalue weighted by atomic mass is 35.5. The van der Waals surface area contributed by atoms with Crippen LogP contribution in [0, 0.1) is 11.2 Å². The Morgan fingerprint density at radius 1 is 1.22 bits per heavy atom. The zero-order valence-corrected chi connectivity index (χ0v) is 22.1. The molecule has 0 bridgehead atoms. The number of nitrogens with one attached hydrogen (secondary N) is 1. The molecule has 1 aliphatic heterocycles. The van der Waals surface area contributed by atoms with Crippen molar-refractivity contribution >= 4 is 46.0 Å². The van der Waals surface area contributed by atoms with Crippen LogP contribution in [0.2, 0.25) is 10.0 Å². The summed E-state index contributed by atoms with van der Waals surface area (Å²) in [7, 11) is 0. The molecule has 194 valence electrons. The molecule has 2 atom stereocenters. The molecule has 36 heavy (non-hydrogen) atoms. The zero-order chi connectivity index (χ0) is 26.0. The molecule has 2 heterocycles. The lowest BCUT2D eigenvalue weighted by molar-refractivity contribution is 0.0583. The molecule has 1 amide bonds. The summed E-state index contributed by atoms with van der Waals surface area (Å²) in [6.07, 6.45) is 1.95. The first-order chi connectivity index (χ1) is 17.0. The topological polar surface area (TPSA) is 79.6 Å². The van der Waals surface area contributed by atoms with E-state index in [1.54, 1.807) is 24.5 Å². The van der Waals surface area contributed by atoms with Crippen LogP contribution < -0.4 is 10.2 Å². The zero-order valence-electron chi connectivity index (χ0n) is 20.6. The van der Waals surface area contributed by atoms with E-state index in [9.17, 15) is 14.3 Å². The van der Waals surface area contributed by atoms with Crippen LogP contribution in [0.4, 0.5) is 14.9 Å². The van der Waals surface area contributed by atoms with Crippen molar-refractivity contribution in [2.24, 2.45) is 5.41 Å². The second-order valence-corrected chi connectivity index (χ2v) is 11.3. The van der Waals surface area contributed by atoms with Gasteiger partial charge in [0.25, 0.3) is 0 Å². The molecule has 4 rings (SSSR count). The average molecular weight is 537 g/mol. The SMILES string of the molecule is CC(C)(C)C[C@H](Cn1cnc2cc(Cl)c(Cl)cc21)OC(=O)N[C@@H](CO)CN1CCc2cc(F)ccc21. The molecular formula is C26H31Cl2FN4O3. The maximum Gasteiger partial charge on any atom is 0.407 e. The van der Waals surface area contributed by atoms with Gasteiger partial charge in [0, 0.05) is 18.8 Å². The number of halogens is 3. The minimum absolute atomic E-state index is 0.104. The van der Waals surface area contributed by atoms with Crippen molar-refractivity contribution < 1.29 is 19.0 Å². The highest BCUT2D eigenvalue weighted by Crippen LogP contribution is 2.30. The van der Waals surface area contributed by atoms with Gasteiger partial charge in [0.1, 0.15) is 11.9 Å². The lowest BCUT2D eigenvalue weighted by Crippen LogP contribution is -2.47. The van der Waals surface area contributed by atoms with Crippen molar-refractivity contribution in [1.82, 2.24) is 14.9 Å². The van der Waals surface area contributed by atoms with Crippen molar-refractivity contribution in [1.29, 1.82) is 0 Å². The van der Waals surface area contributed by atoms with Crippen molar-refractivity contribution in [3.8, 4) is 0 Å². The van der Waals surface area contributed by atoms with Crippen LogP contribution in [-0.2, 0) is 17.7 Å². The number of hydrogen-bond acceptors (Lipinski definition) is 5. The van der Waals surface area contributed by atoms with Gasteiger partial charge in [-0.2, -0.15) is 0 Å². The second kappa shape index (κ2) is 10.8. The number of carbonyl (C=O) groups excluding carboxylic acids is 1. The number of rotatable bonds is 8. The van der Waals surface area contributed by atoms with Gasteiger partial charge in [-0.05, 0) is 54.2 Å². The molecule has 1 aromatic heterocycles. The highest BCUT2D eigenvalue weighted by molar-refractivity contribution is 6.42. The van der Waals surface area contributed by atoms with Gasteiger partial charge >= 0.3 is 6.09 Å². The van der Waals surface area contributed by atoms with E-state index in [0.29, 0.717) is 41.6 Å². The third-order valence-corrected chi connectivity index (χ3v) is 6.92. The standard InChI is InChI=1S/C26H31Cl2FN4O3/c1-26(2,3)11-19(13-33-15-30-22-9-20(27)21(28)10-24(22)33)36-25(35)31-18(14-34)12-32-7-6-16-8-17(29)4-5-23(16)32/h4-5,8-10,15,18-19,34H,6-7,11-14H2,1-3H3,(H,31,35)/t18-,19-/m1/s1. The number of amides is 1. The summed E-state index contributed by atoms with van der Waals surface area (Å²) >= 11 is 12.3. The Morgan fingerprint density at radius 3 is 2.69 bits per heavy atom. The number of fused-ring (bicyclic) bond motifs is 2. The lowest BCUT2D eigenvalue weighted by Gasteiger charge is -2.29. The molecule has 7 nitrogen and oxygen atoms in total. The summed E-state index contributed by atoms with van der Waals surface area (Å²) in [5.74, 6) is -0.267. The lowest BCUT2D eigenvalue weighted by atomic mass is 9.89. The third kappa shape index (κ3) is 6.41. The fourth-order valence-electron chi connectivity index (χ4n) is 4.64. The maximum atomic E-state index is 13.5. The minimum Gasteiger partial charge on any atom is -0.444 e. The summed E-state index contributed by atoms with van der Waals surface area (Å²) < 4.78 is 21.3. The normalized spacial score (nSPS) is 15.1. The molecule has 3 aromatic rings. The van der Waals surface area contributed by atoms with Crippen molar-refractivity contribution in [2.75, 3.05) is 24.6 Å². The third-order valence-electron chi connectivity index (χ3n) is 6.19. The molecule has 0 saturated carbocycles. The number of alkyl carbamates (subject to hydrolysis) is 1. The number of benzene rings is 2. The predicted octanol–water partition coefficient (Wildman–Crippen LogP) is 5.44. The largest absolute Gasteiger partial charge is 0.444 e. The molecule has 2 aromatic carbocycles. The van der Waals surface area contributed by atoms with E-state index < -0.39 is 18.2 Å². The first-order valence-electron chi connectivity index (χ1n) is 11.9. The van der Waals surface area contributed by atoms with Crippen LogP contribution in [0.1, 0.15) is 32.8 Å². The molecule has 0 aliphatic carbocycles. The highest BCUT2D eigenvalue weighted by Gasteiger charge is 2.27. The molecule has 10 heteroatoms. The van der Waals surface area contributed by atoms with Gasteiger partial charge < -0.3 is 24.6 Å². The minimum atomic E-state index is -0.604. The van der Waals surface area contributed by atoms with E-state index >= 15 is 0 Å². The molecule has 0 saturated heterocycles. The smallest absolute Gasteiger partial charge is 0.407 e. The van der Waals surface area contributed by atoms with E-state index in [-0.39, 0.29) is 17.8 Å². The molecule has 0 spiro atoms. The Bertz CT molecular complexity index is 1240. The van der Waals surface area contributed by atoms with Crippen molar-refractivity contribution in [3.63, 3.8) is 0 Å². The number of aliphatic hydroxyl groups excluding tert-OH is 1. The number of ether oxygens (including phenoxy) is 1. The number of anilines is 1. The molecule has 1 aliphatic rings. The predicted molar refractivity (Wildman–Crippen MR) is 140 cm³/mol. The van der Waals surface area contributed by atoms with Gasteiger partial charge in [0.05, 0.1) is 46.6 Å². The van der Waals surface area contributed by atoms with Crippen molar-refractivity contribution in [3.05, 3.63) is 58.1 Å². The monoisotopic (exact) mass is 536 g/mol. The van der Waals surface area contributed by atoms with Crippen LogP contribution in [-0.4, -0.2) is 52.6 Å². The fourth-order valence-corrected chi connectivity index (χ4v) is 4.96. The number of imidazole rings is 1. The maximum absolute atomic E-state index is 13.5. The molecular weight excluding hydrogens is 506 g/mol. The number of aromatic nitrogens is 2. The fraction of sp³-hybridized carbons (Fsp3) is 0.462. The van der Waals surface area contributed by atoms with Crippen LogP contribution in [0.15, 0.2) is 36.7 Å². The van der Waals surface area contributed by atoms with Crippen LogP contribution in [0.3, 0.4) is 0 Å². The van der Waals surface area contributed by atoms with Gasteiger partial charge in [-0.25, -0.2) is 14.2 Å². The number of nitrogens with zero attached hydrogens (tertiary/aromatic N) is 3. The second-order valence-electron chi connectivity index (χ2n) is 10.4. The summed E-state index contributed by atoms with van der Waals surface area (Å²) in [4.78, 5) is 19.3. The van der Waals surface area contributed by atoms with Gasteiger partial charge in [-0.3, -0.25) is 0 Å². The van der Waals surface area contributed by atoms with Crippen molar-refractivity contribution in [2.45, 2.75) is 52.3 Å². The molecule has 0 fully saturated rings. The van der Waals surface area contributed by atoms with Crippen LogP contribution in [0.5, 0.6) is 0 Å². The Labute approximate surface area is 220 Å². The van der Waals surface area contributed by atoms with E-state index in [1.807, 2.05) is 9.47 Å². The summed E-state index contributed by atoms with van der Waals surface area (Å²) in [6, 6.07) is 7.60. The van der Waals surface area contributed by atoms with E-state index in [2.05, 4.69) is 31.1 Å². The molecule has 0 radical (unpaired) electrons. The van der Waals surface area contributed by atoms with Crippen LogP contribution in [0.25, 0.3) is 11.0 Å². The van der Waals surface area contributed by atoms with Gasteiger partial charge in [0.15, 0.2) is 0 Å². The quantitative estimate of drug-likeness (QED) is 0.400. The number of carbonyl (C=O) groups is 1. The first-order valence-corrected chi connectivity index (χ1v) is 12.7. The molecule has 0 unspecified atom stereocenters. The number of aliphatic hydroxyl groups is 1. The molecule has 2 N–H and O–H groups in total. The average Bonchev–Trinajstić information content (AvgIpc) is 3.35. The first kappa shape index (κ1) is 26.5. The summed E-state index contributed by atoms with van der Waals surface area (Å²) in [6.45, 7) is 7.44. The Kier molecular flexibility index (Phi) is 7.97. The Balaban J connectivity index is 1.43. The summed E-state index contributed by atoms with van der Waals surface area (Å²) in [5.41, 5.74) is 3.24. The Morgan fingerprint density at radius 2 is 1.97 bits per heavy atom. The summed E-state index contributed by atoms with van der Waals surface area (Å²) in [5, 5.41) is 13.6. The Hall–Kier alpha value is -2.55. The van der Waals surface area contributed by atoms with Gasteiger partial charge in [0.2, 0.25) is 0 Å². The van der Waals surface area contributed by atoms with Crippen LogP contribution >= 0.6 is 23.2 Å². The van der Waals surface area contributed by atoms with Gasteiger partial charge in [-0.15, -0.1) is 0 Å². The van der Waals surface area contributed by atoms with E-state index in [0.717, 1.165) is 23.2 Å². The van der Waals surface area contributed by atoms with E-state index in [4.69, 9.17) is 27.9 Å². The number of hydrogen-bond donors (Lipinski definition) is 2.